The zero-order valence-corrected chi connectivity index (χ0v) is 8.32. The van der Waals surface area contributed by atoms with Crippen LogP contribution in [0.4, 0.5) is 5.69 Å². The third-order valence-electron chi connectivity index (χ3n) is 1.95. The number of benzene rings is 1. The van der Waals surface area contributed by atoms with E-state index in [0.29, 0.717) is 0 Å². The highest BCUT2D eigenvalue weighted by atomic mass is 16.2. The van der Waals surface area contributed by atoms with Crippen LogP contribution in [0.1, 0.15) is 12.5 Å². The molecular formula is C11H12N2O. The Bertz CT molecular complexity index is 362. The monoisotopic (exact) mass is 188 g/mol. The number of carbonyl (C=O) groups is 1. The Kier molecular flexibility index (Phi) is 3.24. The molecule has 0 aromatic heterocycles. The summed E-state index contributed by atoms with van der Waals surface area (Å²) >= 11 is 0. The molecule has 0 aliphatic rings. The van der Waals surface area contributed by atoms with Gasteiger partial charge in [-0.15, -0.1) is 0 Å². The summed E-state index contributed by atoms with van der Waals surface area (Å²) in [7, 11) is 0. The lowest BCUT2D eigenvalue weighted by molar-refractivity contribution is -0.116. The van der Waals surface area contributed by atoms with Crippen molar-refractivity contribution in [2.45, 2.75) is 13.8 Å². The van der Waals surface area contributed by atoms with Crippen molar-refractivity contribution in [3.05, 3.63) is 29.8 Å². The predicted molar refractivity (Wildman–Crippen MR) is 54.8 cm³/mol. The molecule has 0 saturated carbocycles. The second-order valence-corrected chi connectivity index (χ2v) is 3.10. The van der Waals surface area contributed by atoms with Crippen LogP contribution in [0.25, 0.3) is 0 Å². The van der Waals surface area contributed by atoms with Gasteiger partial charge in [-0.25, -0.2) is 0 Å². The molecule has 3 nitrogen and oxygen atoms in total. The van der Waals surface area contributed by atoms with Crippen molar-refractivity contribution in [2.75, 3.05) is 11.4 Å². The Morgan fingerprint density at radius 1 is 1.43 bits per heavy atom. The van der Waals surface area contributed by atoms with E-state index in [9.17, 15) is 4.79 Å². The van der Waals surface area contributed by atoms with Gasteiger partial charge in [-0.2, -0.15) is 5.26 Å². The molecule has 1 rings (SSSR count). The summed E-state index contributed by atoms with van der Waals surface area (Å²) in [6.07, 6.45) is 0. The van der Waals surface area contributed by atoms with Crippen LogP contribution >= 0.6 is 0 Å². The lowest BCUT2D eigenvalue weighted by Crippen LogP contribution is -2.28. The summed E-state index contributed by atoms with van der Waals surface area (Å²) < 4.78 is 0. The average molecular weight is 188 g/mol. The van der Waals surface area contributed by atoms with E-state index in [0.717, 1.165) is 11.3 Å². The first-order chi connectivity index (χ1) is 6.65. The summed E-state index contributed by atoms with van der Waals surface area (Å²) in [6, 6.07) is 9.49. The number of anilines is 1. The van der Waals surface area contributed by atoms with Gasteiger partial charge in [0.1, 0.15) is 6.54 Å². The van der Waals surface area contributed by atoms with Crippen LogP contribution in [0.5, 0.6) is 0 Å². The highest BCUT2D eigenvalue weighted by Crippen LogP contribution is 2.14. The zero-order chi connectivity index (χ0) is 10.6. The quantitative estimate of drug-likeness (QED) is 0.665. The fourth-order valence-electron chi connectivity index (χ4n) is 1.18. The maximum absolute atomic E-state index is 11.2. The van der Waals surface area contributed by atoms with Crippen molar-refractivity contribution in [3.8, 4) is 6.07 Å². The van der Waals surface area contributed by atoms with Crippen molar-refractivity contribution in [2.24, 2.45) is 0 Å². The standard InChI is InChI=1S/C11H12N2O/c1-9-3-5-11(6-4-9)13(8-7-12)10(2)14/h3-6H,8H2,1-2H3. The van der Waals surface area contributed by atoms with Crippen LogP contribution in [0.3, 0.4) is 0 Å². The van der Waals surface area contributed by atoms with Gasteiger partial charge in [0.25, 0.3) is 0 Å². The third-order valence-corrected chi connectivity index (χ3v) is 1.95. The number of hydrogen-bond donors (Lipinski definition) is 0. The molecule has 0 fully saturated rings. The summed E-state index contributed by atoms with van der Waals surface area (Å²) in [4.78, 5) is 12.6. The normalized spacial score (nSPS) is 9.21. The lowest BCUT2D eigenvalue weighted by atomic mass is 10.2. The molecule has 0 atom stereocenters. The SMILES string of the molecule is CC(=O)N(CC#N)c1ccc(C)cc1. The van der Waals surface area contributed by atoms with Crippen molar-refractivity contribution in [1.29, 1.82) is 5.26 Å². The Morgan fingerprint density at radius 2 is 2.00 bits per heavy atom. The third kappa shape index (κ3) is 2.33. The summed E-state index contributed by atoms with van der Waals surface area (Å²) in [5.74, 6) is -0.115. The second-order valence-electron chi connectivity index (χ2n) is 3.10. The Labute approximate surface area is 83.6 Å². The second kappa shape index (κ2) is 4.43. The molecule has 1 aromatic carbocycles. The lowest BCUT2D eigenvalue weighted by Gasteiger charge is -2.17. The molecule has 1 aromatic rings. The van der Waals surface area contributed by atoms with E-state index in [4.69, 9.17) is 5.26 Å². The first kappa shape index (κ1) is 10.3. The molecule has 1 amide bonds. The summed E-state index contributed by atoms with van der Waals surface area (Å²) in [6.45, 7) is 3.53. The molecule has 72 valence electrons. The minimum absolute atomic E-state index is 0.0956. The van der Waals surface area contributed by atoms with Gasteiger partial charge < -0.3 is 0 Å². The first-order valence-corrected chi connectivity index (χ1v) is 4.37. The van der Waals surface area contributed by atoms with Crippen LogP contribution in [0.15, 0.2) is 24.3 Å². The predicted octanol–water partition coefficient (Wildman–Crippen LogP) is 1.87. The molecule has 14 heavy (non-hydrogen) atoms. The van der Waals surface area contributed by atoms with Crippen molar-refractivity contribution in [1.82, 2.24) is 0 Å². The number of amides is 1. The first-order valence-electron chi connectivity index (χ1n) is 4.37. The topological polar surface area (TPSA) is 44.1 Å². The van der Waals surface area contributed by atoms with E-state index < -0.39 is 0 Å². The van der Waals surface area contributed by atoms with Crippen LogP contribution in [0.2, 0.25) is 0 Å². The van der Waals surface area contributed by atoms with Crippen molar-refractivity contribution in [3.63, 3.8) is 0 Å². The van der Waals surface area contributed by atoms with Gasteiger partial charge in [0.05, 0.1) is 6.07 Å². The smallest absolute Gasteiger partial charge is 0.224 e. The molecule has 0 heterocycles. The molecule has 0 bridgehead atoms. The summed E-state index contributed by atoms with van der Waals surface area (Å²) in [5.41, 5.74) is 1.90. The number of nitrogens with zero attached hydrogens (tertiary/aromatic N) is 2. The van der Waals surface area contributed by atoms with E-state index in [1.807, 2.05) is 37.3 Å². The number of aryl methyl sites for hydroxylation is 1. The Balaban J connectivity index is 2.95. The maximum Gasteiger partial charge on any atom is 0.224 e. The number of hydrogen-bond acceptors (Lipinski definition) is 2. The number of nitriles is 1. The molecule has 3 heteroatoms. The maximum atomic E-state index is 11.2. The fraction of sp³-hybridized carbons (Fsp3) is 0.273. The molecule has 0 radical (unpaired) electrons. The van der Waals surface area contributed by atoms with Crippen LogP contribution in [-0.4, -0.2) is 12.5 Å². The fourth-order valence-corrected chi connectivity index (χ4v) is 1.18. The van der Waals surface area contributed by atoms with E-state index in [-0.39, 0.29) is 12.5 Å². The highest BCUT2D eigenvalue weighted by molar-refractivity contribution is 5.91. The van der Waals surface area contributed by atoms with Crippen molar-refractivity contribution < 1.29 is 4.79 Å². The van der Waals surface area contributed by atoms with Crippen molar-refractivity contribution >= 4 is 11.6 Å². The van der Waals surface area contributed by atoms with Gasteiger partial charge >= 0.3 is 0 Å². The van der Waals surface area contributed by atoms with Gasteiger partial charge in [0.2, 0.25) is 5.91 Å². The molecule has 0 aliphatic heterocycles. The van der Waals surface area contributed by atoms with Gasteiger partial charge in [0, 0.05) is 12.6 Å². The number of rotatable bonds is 2. The van der Waals surface area contributed by atoms with Gasteiger partial charge in [-0.3, -0.25) is 9.69 Å². The molecule has 0 unspecified atom stereocenters. The van der Waals surface area contributed by atoms with Crippen LogP contribution in [-0.2, 0) is 4.79 Å². The average Bonchev–Trinajstić information content (AvgIpc) is 2.15. The van der Waals surface area contributed by atoms with E-state index in [2.05, 4.69) is 0 Å². The highest BCUT2D eigenvalue weighted by Gasteiger charge is 2.09. The number of carbonyl (C=O) groups excluding carboxylic acids is 1. The van der Waals surface area contributed by atoms with Gasteiger partial charge in [0.15, 0.2) is 0 Å². The van der Waals surface area contributed by atoms with Crippen LogP contribution < -0.4 is 4.90 Å². The molecule has 0 N–H and O–H groups in total. The Hall–Kier alpha value is -1.82. The molecular weight excluding hydrogens is 176 g/mol. The molecule has 0 aliphatic carbocycles. The zero-order valence-electron chi connectivity index (χ0n) is 8.32. The van der Waals surface area contributed by atoms with E-state index in [1.54, 1.807) is 0 Å². The summed E-state index contributed by atoms with van der Waals surface area (Å²) in [5, 5.41) is 8.56. The van der Waals surface area contributed by atoms with E-state index >= 15 is 0 Å². The minimum atomic E-state index is -0.115. The largest absolute Gasteiger partial charge is 0.299 e. The Morgan fingerprint density at radius 3 is 2.43 bits per heavy atom. The van der Waals surface area contributed by atoms with E-state index in [1.165, 1.54) is 11.8 Å². The molecule has 0 saturated heterocycles. The minimum Gasteiger partial charge on any atom is -0.299 e. The molecule has 0 spiro atoms. The van der Waals surface area contributed by atoms with Crippen LogP contribution in [0, 0.1) is 18.3 Å². The van der Waals surface area contributed by atoms with Gasteiger partial charge in [-0.1, -0.05) is 17.7 Å². The van der Waals surface area contributed by atoms with Gasteiger partial charge in [-0.05, 0) is 19.1 Å².